The number of benzene rings is 1. The summed E-state index contributed by atoms with van der Waals surface area (Å²) in [6.45, 7) is 1.81. The van der Waals surface area contributed by atoms with Gasteiger partial charge in [0.1, 0.15) is 0 Å². The Morgan fingerprint density at radius 2 is 2.13 bits per heavy atom. The van der Waals surface area contributed by atoms with Crippen molar-refractivity contribution in [3.63, 3.8) is 0 Å². The molecule has 8 heteroatoms. The molecule has 0 saturated carbocycles. The Balaban J connectivity index is 0.00000192. The van der Waals surface area contributed by atoms with Gasteiger partial charge in [-0.3, -0.25) is 4.68 Å². The maximum Gasteiger partial charge on any atom is 0.193 e. The van der Waals surface area contributed by atoms with Gasteiger partial charge in [-0.05, 0) is 12.1 Å². The van der Waals surface area contributed by atoms with E-state index >= 15 is 0 Å². The van der Waals surface area contributed by atoms with E-state index in [9.17, 15) is 0 Å². The van der Waals surface area contributed by atoms with Crippen molar-refractivity contribution >= 4 is 35.6 Å². The number of ether oxygens (including phenoxy) is 2. The number of halogens is 1. The fourth-order valence-electron chi connectivity index (χ4n) is 2.16. The number of guanidine groups is 1. The highest BCUT2D eigenvalue weighted by Crippen LogP contribution is 2.32. The molecule has 0 fully saturated rings. The van der Waals surface area contributed by atoms with E-state index in [1.165, 1.54) is 0 Å². The quantitative estimate of drug-likeness (QED) is 0.444. The second-order valence-corrected chi connectivity index (χ2v) is 5.06. The van der Waals surface area contributed by atoms with Crippen molar-refractivity contribution < 1.29 is 9.47 Å². The van der Waals surface area contributed by atoms with Crippen LogP contribution in [0, 0.1) is 0 Å². The highest BCUT2D eigenvalue weighted by atomic mass is 127. The molecule has 3 N–H and O–H groups in total. The first-order valence-electron chi connectivity index (χ1n) is 7.15. The minimum atomic E-state index is 0. The van der Waals surface area contributed by atoms with E-state index in [4.69, 9.17) is 15.2 Å². The summed E-state index contributed by atoms with van der Waals surface area (Å²) in [6.07, 6.45) is 4.56. The van der Waals surface area contributed by atoms with Gasteiger partial charge in [0.2, 0.25) is 0 Å². The van der Waals surface area contributed by atoms with Crippen molar-refractivity contribution in [2.45, 2.75) is 13.0 Å². The lowest BCUT2D eigenvalue weighted by molar-refractivity contribution is 0.297. The van der Waals surface area contributed by atoms with Gasteiger partial charge >= 0.3 is 0 Å². The molecule has 0 atom stereocenters. The molecular weight excluding hydrogens is 409 g/mol. The summed E-state index contributed by atoms with van der Waals surface area (Å²) in [5.41, 5.74) is 7.73. The molecule has 0 spiro atoms. The van der Waals surface area contributed by atoms with E-state index in [0.29, 0.717) is 25.7 Å². The number of aromatic nitrogens is 2. The Morgan fingerprint density at radius 1 is 1.35 bits per heavy atom. The van der Waals surface area contributed by atoms with E-state index in [2.05, 4.69) is 15.4 Å². The molecule has 1 aromatic carbocycles. The van der Waals surface area contributed by atoms with Crippen molar-refractivity contribution in [1.29, 1.82) is 0 Å². The molecule has 23 heavy (non-hydrogen) atoms. The summed E-state index contributed by atoms with van der Waals surface area (Å²) in [4.78, 5) is 4.29. The largest absolute Gasteiger partial charge is 0.490 e. The second-order valence-electron chi connectivity index (χ2n) is 5.06. The molecule has 0 radical (unpaired) electrons. The number of anilines is 1. The van der Waals surface area contributed by atoms with Crippen molar-refractivity contribution in [1.82, 2.24) is 9.78 Å². The van der Waals surface area contributed by atoms with Crippen LogP contribution in [0.15, 0.2) is 35.6 Å². The first-order chi connectivity index (χ1) is 10.7. The van der Waals surface area contributed by atoms with Crippen LogP contribution >= 0.6 is 24.0 Å². The Morgan fingerprint density at radius 3 is 2.87 bits per heavy atom. The van der Waals surface area contributed by atoms with E-state index in [1.54, 1.807) is 10.9 Å². The minimum Gasteiger partial charge on any atom is -0.490 e. The summed E-state index contributed by atoms with van der Waals surface area (Å²) >= 11 is 0. The van der Waals surface area contributed by atoms with Gasteiger partial charge in [0.15, 0.2) is 17.5 Å². The molecule has 124 valence electrons. The minimum absolute atomic E-state index is 0. The summed E-state index contributed by atoms with van der Waals surface area (Å²) in [5, 5.41) is 7.15. The summed E-state index contributed by atoms with van der Waals surface area (Å²) in [6, 6.07) is 5.63. The van der Waals surface area contributed by atoms with Crippen molar-refractivity contribution in [3.05, 3.63) is 36.2 Å². The summed E-state index contributed by atoms with van der Waals surface area (Å²) in [7, 11) is 1.87. The van der Waals surface area contributed by atoms with Gasteiger partial charge in [0.05, 0.1) is 26.0 Å². The van der Waals surface area contributed by atoms with Crippen LogP contribution in [0.2, 0.25) is 0 Å². The Hall–Kier alpha value is -1.97. The van der Waals surface area contributed by atoms with Crippen LogP contribution < -0.4 is 20.5 Å². The zero-order valence-corrected chi connectivity index (χ0v) is 15.2. The highest BCUT2D eigenvalue weighted by molar-refractivity contribution is 14.0. The smallest absolute Gasteiger partial charge is 0.193 e. The second kappa shape index (κ2) is 8.04. The average molecular weight is 429 g/mol. The molecule has 0 amide bonds. The number of aliphatic imine (C=N–C) groups is 1. The van der Waals surface area contributed by atoms with Crippen LogP contribution in [-0.4, -0.2) is 29.0 Å². The number of fused-ring (bicyclic) bond motifs is 1. The van der Waals surface area contributed by atoms with E-state index in [-0.39, 0.29) is 24.0 Å². The van der Waals surface area contributed by atoms with Gasteiger partial charge in [0, 0.05) is 37.0 Å². The molecule has 1 aliphatic rings. The molecule has 0 saturated heterocycles. The maximum atomic E-state index is 5.91. The summed E-state index contributed by atoms with van der Waals surface area (Å²) in [5.74, 6) is 1.83. The third-order valence-electron chi connectivity index (χ3n) is 3.21. The van der Waals surface area contributed by atoms with Gasteiger partial charge in [0.25, 0.3) is 0 Å². The fraction of sp³-hybridized carbons (Fsp3) is 0.333. The normalized spacial score (nSPS) is 13.9. The zero-order chi connectivity index (χ0) is 15.4. The molecule has 0 bridgehead atoms. The van der Waals surface area contributed by atoms with Gasteiger partial charge in [-0.2, -0.15) is 5.10 Å². The van der Waals surface area contributed by atoms with Crippen LogP contribution in [0.5, 0.6) is 11.5 Å². The lowest BCUT2D eigenvalue weighted by Gasteiger charge is -2.10. The van der Waals surface area contributed by atoms with Gasteiger partial charge in [-0.15, -0.1) is 24.0 Å². The molecule has 3 rings (SSSR count). The average Bonchev–Trinajstić information content (AvgIpc) is 2.78. The Kier molecular flexibility index (Phi) is 6.08. The highest BCUT2D eigenvalue weighted by Gasteiger charge is 2.10. The third-order valence-corrected chi connectivity index (χ3v) is 3.21. The first kappa shape index (κ1) is 17.4. The zero-order valence-electron chi connectivity index (χ0n) is 12.9. The molecule has 0 aliphatic carbocycles. The van der Waals surface area contributed by atoms with Crippen LogP contribution in [0.4, 0.5) is 5.69 Å². The molecule has 1 aromatic heterocycles. The molecular formula is C15H20IN5O2. The number of nitrogens with two attached hydrogens (primary N) is 1. The van der Waals surface area contributed by atoms with Crippen LogP contribution in [0.25, 0.3) is 0 Å². The first-order valence-corrected chi connectivity index (χ1v) is 7.15. The lowest BCUT2D eigenvalue weighted by Crippen LogP contribution is -2.22. The maximum absolute atomic E-state index is 5.91. The standard InChI is InChI=1S/C15H19N5O2.HI/c1-20-10-11(9-18-20)8-17-15(16)19-12-3-4-13-14(7-12)22-6-2-5-21-13;/h3-4,7,9-10H,2,5-6,8H2,1H3,(H3,16,17,19);1H. The van der Waals surface area contributed by atoms with Crippen molar-refractivity contribution in [2.75, 3.05) is 18.5 Å². The number of hydrogen-bond donors (Lipinski definition) is 2. The van der Waals surface area contributed by atoms with Crippen LogP contribution in [0.3, 0.4) is 0 Å². The van der Waals surface area contributed by atoms with Crippen molar-refractivity contribution in [2.24, 2.45) is 17.8 Å². The Labute approximate surface area is 151 Å². The van der Waals surface area contributed by atoms with Gasteiger partial charge in [-0.25, -0.2) is 4.99 Å². The number of nitrogens with zero attached hydrogens (tertiary/aromatic N) is 3. The van der Waals surface area contributed by atoms with Crippen LogP contribution in [0.1, 0.15) is 12.0 Å². The number of rotatable bonds is 3. The number of hydrogen-bond acceptors (Lipinski definition) is 4. The lowest BCUT2D eigenvalue weighted by atomic mass is 10.3. The molecule has 2 heterocycles. The van der Waals surface area contributed by atoms with Gasteiger partial charge in [-0.1, -0.05) is 0 Å². The predicted molar refractivity (Wildman–Crippen MR) is 99.6 cm³/mol. The number of aryl methyl sites for hydroxylation is 1. The Bertz CT molecular complexity index is 686. The SMILES string of the molecule is Cn1cc(CN=C(N)Nc2ccc3c(c2)OCCCO3)cn1.I. The topological polar surface area (TPSA) is 86.7 Å². The predicted octanol–water partition coefficient (Wildman–Crippen LogP) is 2.13. The molecule has 2 aromatic rings. The van der Waals surface area contributed by atoms with Crippen LogP contribution in [-0.2, 0) is 13.6 Å². The van der Waals surface area contributed by atoms with E-state index in [0.717, 1.165) is 29.2 Å². The monoisotopic (exact) mass is 429 g/mol. The fourth-order valence-corrected chi connectivity index (χ4v) is 2.16. The molecule has 0 unspecified atom stereocenters. The van der Waals surface area contributed by atoms with E-state index < -0.39 is 0 Å². The molecule has 1 aliphatic heterocycles. The van der Waals surface area contributed by atoms with Crippen molar-refractivity contribution in [3.8, 4) is 11.5 Å². The third kappa shape index (κ3) is 4.75. The number of nitrogens with one attached hydrogen (secondary N) is 1. The molecule has 7 nitrogen and oxygen atoms in total. The summed E-state index contributed by atoms with van der Waals surface area (Å²) < 4.78 is 13.0. The van der Waals surface area contributed by atoms with E-state index in [1.807, 2.05) is 31.4 Å². The van der Waals surface area contributed by atoms with Gasteiger partial charge < -0.3 is 20.5 Å².